The van der Waals surface area contributed by atoms with Crippen molar-refractivity contribution in [1.29, 1.82) is 0 Å². The summed E-state index contributed by atoms with van der Waals surface area (Å²) in [5, 5.41) is 8.49. The number of carbonyl (C=O) groups excluding carboxylic acids is 1. The SMILES string of the molecule is CN(C(C(=O)N1C2CCC1CC(N)C2)C(F)(F)c1cccc(Oc2ccccc2)c1)S(=O)(=O)c1ccc2cc(OC3CCCC3)ccc2c1.O=C(O)C(F)(F)F. The molecule has 0 spiro atoms. The summed E-state index contributed by atoms with van der Waals surface area (Å²) in [4.78, 5) is 24.6. The zero-order valence-electron chi connectivity index (χ0n) is 30.4. The summed E-state index contributed by atoms with van der Waals surface area (Å²) < 4.78 is 107. The smallest absolute Gasteiger partial charge is 0.490 e. The monoisotopic (exact) mass is 803 g/mol. The van der Waals surface area contributed by atoms with Gasteiger partial charge in [-0.2, -0.15) is 26.3 Å². The van der Waals surface area contributed by atoms with Crippen molar-refractivity contribution >= 4 is 32.7 Å². The fraction of sp³-hybridized carbons (Fsp3) is 0.400. The number of ether oxygens (including phenoxy) is 2. The summed E-state index contributed by atoms with van der Waals surface area (Å²) in [5.41, 5.74) is 5.71. The second-order valence-corrected chi connectivity index (χ2v) is 16.3. The molecule has 4 aromatic carbocycles. The molecule has 300 valence electrons. The first kappa shape index (κ1) is 40.9. The van der Waals surface area contributed by atoms with E-state index in [1.807, 2.05) is 12.1 Å². The first-order valence-corrected chi connectivity index (χ1v) is 19.7. The van der Waals surface area contributed by atoms with Crippen LogP contribution >= 0.6 is 0 Å². The molecule has 16 heteroatoms. The minimum Gasteiger partial charge on any atom is -0.490 e. The van der Waals surface area contributed by atoms with Crippen LogP contribution in [0.25, 0.3) is 10.8 Å². The lowest BCUT2D eigenvalue weighted by molar-refractivity contribution is -0.192. The second-order valence-electron chi connectivity index (χ2n) is 14.3. The Kier molecular flexibility index (Phi) is 11.9. The van der Waals surface area contributed by atoms with Gasteiger partial charge in [-0.3, -0.25) is 4.79 Å². The molecule has 2 saturated heterocycles. The summed E-state index contributed by atoms with van der Waals surface area (Å²) in [6.07, 6.45) is 1.59. The number of carbonyl (C=O) groups is 2. The number of hydrogen-bond acceptors (Lipinski definition) is 7. The van der Waals surface area contributed by atoms with E-state index in [0.29, 0.717) is 46.9 Å². The van der Waals surface area contributed by atoms with Crippen molar-refractivity contribution in [2.45, 2.75) is 98.6 Å². The largest absolute Gasteiger partial charge is 0.490 e. The van der Waals surface area contributed by atoms with Crippen molar-refractivity contribution in [3.8, 4) is 17.2 Å². The second kappa shape index (κ2) is 16.4. The molecule has 1 amide bonds. The molecule has 7 rings (SSSR count). The van der Waals surface area contributed by atoms with Crippen LogP contribution in [0.2, 0.25) is 0 Å². The number of carboxylic acids is 1. The summed E-state index contributed by atoms with van der Waals surface area (Å²) in [5.74, 6) is -6.34. The molecule has 1 saturated carbocycles. The lowest BCUT2D eigenvalue weighted by atomic mass is 9.94. The van der Waals surface area contributed by atoms with Gasteiger partial charge in [0.2, 0.25) is 15.9 Å². The van der Waals surface area contributed by atoms with Crippen LogP contribution in [0.3, 0.4) is 0 Å². The molecule has 2 heterocycles. The Morgan fingerprint density at radius 2 is 1.39 bits per heavy atom. The third kappa shape index (κ3) is 8.92. The number of halogens is 5. The van der Waals surface area contributed by atoms with Gasteiger partial charge in [0.15, 0.2) is 6.04 Å². The number of nitrogens with two attached hydrogens (primary N) is 1. The number of carboxylic acid groups (broad SMARTS) is 1. The van der Waals surface area contributed by atoms with Gasteiger partial charge in [0.05, 0.1) is 11.0 Å². The normalized spacial score (nSPS) is 20.7. The molecule has 2 aliphatic heterocycles. The predicted molar refractivity (Wildman–Crippen MR) is 197 cm³/mol. The number of likely N-dealkylation sites (N-methyl/N-ethyl adjacent to an activating group) is 1. The van der Waals surface area contributed by atoms with E-state index in [1.165, 1.54) is 35.2 Å². The fourth-order valence-electron chi connectivity index (χ4n) is 7.75. The van der Waals surface area contributed by atoms with Crippen molar-refractivity contribution in [2.24, 2.45) is 5.73 Å². The molecule has 3 N–H and O–H groups in total. The van der Waals surface area contributed by atoms with Gasteiger partial charge in [0.25, 0.3) is 5.92 Å². The molecule has 3 fully saturated rings. The fourth-order valence-corrected chi connectivity index (χ4v) is 9.10. The predicted octanol–water partition coefficient (Wildman–Crippen LogP) is 7.85. The maximum absolute atomic E-state index is 17.0. The highest BCUT2D eigenvalue weighted by atomic mass is 32.2. The number of para-hydroxylation sites is 1. The topological polar surface area (TPSA) is 139 Å². The minimum atomic E-state index is -5.08. The number of benzene rings is 4. The average molecular weight is 804 g/mol. The van der Waals surface area contributed by atoms with Gasteiger partial charge in [0, 0.05) is 30.7 Å². The Bertz CT molecular complexity index is 2140. The standard InChI is InChI=1S/C38H41F2N3O5S.C2HF3O2/c1-42(49(45,46)35-19-15-25-20-34(18-14-26(25)21-35)48-32-11-5-6-12-32)36(37(44)43-29-16-17-30(43)24-28(41)23-29)38(39,40)27-8-7-13-33(22-27)47-31-9-3-2-4-10-31;3-2(4,5)1(6)7/h2-4,7-10,13-15,18-22,28-30,32,36H,5-6,11-12,16-17,23-24,41H2,1H3;(H,6,7). The average Bonchev–Trinajstić information content (AvgIpc) is 3.76. The third-order valence-corrected chi connectivity index (χ3v) is 12.3. The molecule has 3 aliphatic rings. The van der Waals surface area contributed by atoms with Gasteiger partial charge in [-0.1, -0.05) is 42.5 Å². The Hall–Kier alpha value is -4.80. The highest BCUT2D eigenvalue weighted by Gasteiger charge is 2.56. The molecule has 0 aromatic heterocycles. The third-order valence-electron chi connectivity index (χ3n) is 10.5. The van der Waals surface area contributed by atoms with Crippen molar-refractivity contribution < 1.29 is 54.5 Å². The van der Waals surface area contributed by atoms with E-state index in [-0.39, 0.29) is 34.9 Å². The molecule has 0 radical (unpaired) electrons. The van der Waals surface area contributed by atoms with E-state index in [9.17, 15) is 26.4 Å². The van der Waals surface area contributed by atoms with E-state index >= 15 is 8.78 Å². The van der Waals surface area contributed by atoms with Gasteiger partial charge in [-0.05, 0) is 111 Å². The van der Waals surface area contributed by atoms with Crippen LogP contribution in [0.4, 0.5) is 22.0 Å². The maximum Gasteiger partial charge on any atom is 0.490 e. The number of sulfonamides is 1. The lowest BCUT2D eigenvalue weighted by Crippen LogP contribution is -2.61. The van der Waals surface area contributed by atoms with Crippen LogP contribution < -0.4 is 15.2 Å². The van der Waals surface area contributed by atoms with Gasteiger partial charge >= 0.3 is 12.1 Å². The van der Waals surface area contributed by atoms with Crippen molar-refractivity contribution in [1.82, 2.24) is 9.21 Å². The molecule has 3 unspecified atom stereocenters. The number of fused-ring (bicyclic) bond motifs is 3. The van der Waals surface area contributed by atoms with Crippen LogP contribution in [0, 0.1) is 0 Å². The molecule has 1 aliphatic carbocycles. The van der Waals surface area contributed by atoms with Crippen LogP contribution in [-0.2, 0) is 25.5 Å². The van der Waals surface area contributed by atoms with Gasteiger partial charge in [-0.15, -0.1) is 0 Å². The van der Waals surface area contributed by atoms with Crippen LogP contribution in [0.15, 0.2) is 95.9 Å². The molecule has 3 atom stereocenters. The molecule has 4 aromatic rings. The highest BCUT2D eigenvalue weighted by molar-refractivity contribution is 7.89. The minimum absolute atomic E-state index is 0.134. The quantitative estimate of drug-likeness (QED) is 0.155. The number of amides is 1. The molecule has 56 heavy (non-hydrogen) atoms. The first-order valence-electron chi connectivity index (χ1n) is 18.2. The molecular formula is C40H42F5N3O7S. The van der Waals surface area contributed by atoms with Gasteiger partial charge < -0.3 is 25.2 Å². The number of rotatable bonds is 10. The van der Waals surface area contributed by atoms with Crippen molar-refractivity contribution in [3.63, 3.8) is 0 Å². The number of hydrogen-bond donors (Lipinski definition) is 2. The van der Waals surface area contributed by atoms with Gasteiger partial charge in [-0.25, -0.2) is 13.2 Å². The Morgan fingerprint density at radius 3 is 2.02 bits per heavy atom. The lowest BCUT2D eigenvalue weighted by Gasteiger charge is -2.42. The van der Waals surface area contributed by atoms with E-state index in [4.69, 9.17) is 25.1 Å². The van der Waals surface area contributed by atoms with E-state index in [2.05, 4.69) is 0 Å². The van der Waals surface area contributed by atoms with E-state index in [0.717, 1.165) is 44.2 Å². The summed E-state index contributed by atoms with van der Waals surface area (Å²) in [6.45, 7) is 0. The zero-order valence-corrected chi connectivity index (χ0v) is 31.2. The Labute approximate surface area is 321 Å². The van der Waals surface area contributed by atoms with E-state index in [1.54, 1.807) is 42.5 Å². The Morgan fingerprint density at radius 1 is 0.804 bits per heavy atom. The first-order chi connectivity index (χ1) is 26.4. The van der Waals surface area contributed by atoms with Crippen LogP contribution in [0.1, 0.15) is 56.9 Å². The number of piperidine rings is 1. The zero-order chi connectivity index (χ0) is 40.4. The van der Waals surface area contributed by atoms with Crippen molar-refractivity contribution in [3.05, 3.63) is 96.6 Å². The highest BCUT2D eigenvalue weighted by Crippen LogP contribution is 2.43. The van der Waals surface area contributed by atoms with Gasteiger partial charge in [0.1, 0.15) is 17.2 Å². The van der Waals surface area contributed by atoms with Crippen molar-refractivity contribution in [2.75, 3.05) is 7.05 Å². The summed E-state index contributed by atoms with van der Waals surface area (Å²) in [7, 11) is -3.53. The summed E-state index contributed by atoms with van der Waals surface area (Å²) >= 11 is 0. The molecular weight excluding hydrogens is 762 g/mol. The number of alkyl halides is 5. The summed E-state index contributed by atoms with van der Waals surface area (Å²) in [6, 6.07) is 20.8. The molecule has 10 nitrogen and oxygen atoms in total. The number of nitrogens with zero attached hydrogens (tertiary/aromatic N) is 2. The maximum atomic E-state index is 17.0. The van der Waals surface area contributed by atoms with Crippen LogP contribution in [-0.4, -0.2) is 78.1 Å². The Balaban J connectivity index is 0.000000695. The molecule has 2 bridgehead atoms. The van der Waals surface area contributed by atoms with E-state index < -0.39 is 45.6 Å². The van der Waals surface area contributed by atoms with Crippen LogP contribution in [0.5, 0.6) is 17.2 Å². The number of aliphatic carboxylic acids is 1.